The van der Waals surface area contributed by atoms with Crippen LogP contribution in [0.5, 0.6) is 0 Å². The summed E-state index contributed by atoms with van der Waals surface area (Å²) in [5.74, 6) is 0.970. The number of rotatable bonds is 3. The number of benzene rings is 2. The normalized spacial score (nSPS) is 21.4. The molecule has 1 nitrogen and oxygen atoms in total. The van der Waals surface area contributed by atoms with Crippen LogP contribution in [0.15, 0.2) is 102 Å². The standard InChI is InChI=1S/C24H23N/c1-18-12-14-22(15-13-18)25(21-9-4-3-5-10-21)23-16-19(2)24-11-7-6-8-20(24)17-23/h3-17,19,24H,1-2H3. The van der Waals surface area contributed by atoms with Crippen molar-refractivity contribution in [3.8, 4) is 0 Å². The molecule has 0 radical (unpaired) electrons. The van der Waals surface area contributed by atoms with Gasteiger partial charge in [-0.3, -0.25) is 0 Å². The molecule has 2 atom stereocenters. The van der Waals surface area contributed by atoms with Gasteiger partial charge in [-0.1, -0.05) is 73.2 Å². The Labute approximate surface area is 150 Å². The predicted molar refractivity (Wildman–Crippen MR) is 107 cm³/mol. The molecule has 0 saturated heterocycles. The molecule has 124 valence electrons. The number of hydrogen-bond acceptors (Lipinski definition) is 1. The Morgan fingerprint density at radius 2 is 1.56 bits per heavy atom. The zero-order valence-corrected chi connectivity index (χ0v) is 14.8. The molecular weight excluding hydrogens is 302 g/mol. The van der Waals surface area contributed by atoms with E-state index in [0.29, 0.717) is 11.8 Å². The Kier molecular flexibility index (Phi) is 4.15. The van der Waals surface area contributed by atoms with Crippen LogP contribution >= 0.6 is 0 Å². The van der Waals surface area contributed by atoms with Gasteiger partial charge in [0.1, 0.15) is 0 Å². The average Bonchev–Trinajstić information content (AvgIpc) is 2.65. The fourth-order valence-electron chi connectivity index (χ4n) is 3.64. The summed E-state index contributed by atoms with van der Waals surface area (Å²) in [7, 11) is 0. The van der Waals surface area contributed by atoms with E-state index in [1.54, 1.807) is 0 Å². The minimum absolute atomic E-state index is 0.480. The molecule has 0 aromatic heterocycles. The Hall–Kier alpha value is -2.80. The number of aryl methyl sites for hydroxylation is 1. The summed E-state index contributed by atoms with van der Waals surface area (Å²) in [6, 6.07) is 19.4. The lowest BCUT2D eigenvalue weighted by molar-refractivity contribution is 0.576. The second kappa shape index (κ2) is 6.60. The molecule has 2 unspecified atom stereocenters. The van der Waals surface area contributed by atoms with Gasteiger partial charge in [0.2, 0.25) is 0 Å². The molecule has 0 fully saturated rings. The summed E-state index contributed by atoms with van der Waals surface area (Å²) >= 11 is 0. The van der Waals surface area contributed by atoms with Crippen LogP contribution in [0.4, 0.5) is 11.4 Å². The van der Waals surface area contributed by atoms with E-state index in [0.717, 1.165) is 0 Å². The number of allylic oxidation sites excluding steroid dienone is 7. The van der Waals surface area contributed by atoms with E-state index in [1.807, 2.05) is 0 Å². The topological polar surface area (TPSA) is 3.24 Å². The van der Waals surface area contributed by atoms with Crippen molar-refractivity contribution < 1.29 is 0 Å². The summed E-state index contributed by atoms with van der Waals surface area (Å²) in [5.41, 5.74) is 6.30. The van der Waals surface area contributed by atoms with Crippen molar-refractivity contribution in [1.82, 2.24) is 0 Å². The maximum atomic E-state index is 2.39. The van der Waals surface area contributed by atoms with E-state index in [1.165, 1.54) is 28.2 Å². The highest BCUT2D eigenvalue weighted by Crippen LogP contribution is 2.38. The highest BCUT2D eigenvalue weighted by Gasteiger charge is 2.25. The molecule has 0 spiro atoms. The summed E-state index contributed by atoms with van der Waals surface area (Å²) in [6.07, 6.45) is 13.6. The maximum Gasteiger partial charge on any atom is 0.0461 e. The Morgan fingerprint density at radius 3 is 2.32 bits per heavy atom. The third-order valence-corrected chi connectivity index (χ3v) is 4.98. The molecule has 2 aromatic rings. The lowest BCUT2D eigenvalue weighted by Crippen LogP contribution is -2.22. The molecule has 0 N–H and O–H groups in total. The van der Waals surface area contributed by atoms with Crippen LogP contribution in [-0.2, 0) is 0 Å². The zero-order chi connectivity index (χ0) is 17.2. The second-order valence-corrected chi connectivity index (χ2v) is 6.87. The first-order valence-corrected chi connectivity index (χ1v) is 8.92. The lowest BCUT2D eigenvalue weighted by atomic mass is 9.80. The molecule has 0 heterocycles. The van der Waals surface area contributed by atoms with E-state index in [-0.39, 0.29) is 0 Å². The Morgan fingerprint density at radius 1 is 0.840 bits per heavy atom. The Bertz CT molecular complexity index is 866. The van der Waals surface area contributed by atoms with Gasteiger partial charge in [0, 0.05) is 23.0 Å². The fourth-order valence-corrected chi connectivity index (χ4v) is 3.64. The largest absolute Gasteiger partial charge is 0.311 e. The van der Waals surface area contributed by atoms with E-state index in [4.69, 9.17) is 0 Å². The summed E-state index contributed by atoms with van der Waals surface area (Å²) in [4.78, 5) is 2.35. The average molecular weight is 325 g/mol. The molecule has 4 rings (SSSR count). The molecule has 2 aliphatic carbocycles. The van der Waals surface area contributed by atoms with Gasteiger partial charge in [0.15, 0.2) is 0 Å². The van der Waals surface area contributed by atoms with Gasteiger partial charge < -0.3 is 4.90 Å². The first kappa shape index (κ1) is 15.7. The highest BCUT2D eigenvalue weighted by atomic mass is 15.1. The van der Waals surface area contributed by atoms with Crippen LogP contribution < -0.4 is 4.90 Å². The maximum absolute atomic E-state index is 2.39. The summed E-state index contributed by atoms with van der Waals surface area (Å²) < 4.78 is 0. The van der Waals surface area contributed by atoms with Crippen molar-refractivity contribution in [2.75, 3.05) is 4.90 Å². The minimum atomic E-state index is 0.480. The molecule has 2 aromatic carbocycles. The quantitative estimate of drug-likeness (QED) is 0.637. The number of nitrogens with zero attached hydrogens (tertiary/aromatic N) is 1. The van der Waals surface area contributed by atoms with Crippen LogP contribution in [0, 0.1) is 18.8 Å². The van der Waals surface area contributed by atoms with Crippen molar-refractivity contribution in [3.63, 3.8) is 0 Å². The third-order valence-electron chi connectivity index (χ3n) is 4.98. The summed E-state index contributed by atoms with van der Waals surface area (Å²) in [6.45, 7) is 4.43. The molecule has 0 amide bonds. The molecule has 0 saturated carbocycles. The predicted octanol–water partition coefficient (Wildman–Crippen LogP) is 6.34. The van der Waals surface area contributed by atoms with Crippen LogP contribution in [-0.4, -0.2) is 0 Å². The number of anilines is 2. The van der Waals surface area contributed by atoms with Gasteiger partial charge in [0.25, 0.3) is 0 Å². The molecule has 2 aliphatic rings. The smallest absolute Gasteiger partial charge is 0.0461 e. The van der Waals surface area contributed by atoms with Gasteiger partial charge in [0.05, 0.1) is 0 Å². The van der Waals surface area contributed by atoms with Crippen LogP contribution in [0.25, 0.3) is 0 Å². The fraction of sp³-hybridized carbons (Fsp3) is 0.167. The molecule has 1 heteroatoms. The number of fused-ring (bicyclic) bond motifs is 1. The SMILES string of the molecule is Cc1ccc(N(C2=CC(C)C3C=CC=CC3=C2)c2ccccc2)cc1. The molecule has 0 bridgehead atoms. The van der Waals surface area contributed by atoms with Gasteiger partial charge in [-0.05, 0) is 48.8 Å². The number of para-hydroxylation sites is 1. The minimum Gasteiger partial charge on any atom is -0.311 e. The van der Waals surface area contributed by atoms with Crippen molar-refractivity contribution in [2.45, 2.75) is 13.8 Å². The van der Waals surface area contributed by atoms with Crippen molar-refractivity contribution in [2.24, 2.45) is 11.8 Å². The van der Waals surface area contributed by atoms with E-state index in [2.05, 4.69) is 110 Å². The highest BCUT2D eigenvalue weighted by molar-refractivity contribution is 5.71. The third kappa shape index (κ3) is 3.10. The van der Waals surface area contributed by atoms with Crippen LogP contribution in [0.3, 0.4) is 0 Å². The van der Waals surface area contributed by atoms with Crippen LogP contribution in [0.1, 0.15) is 12.5 Å². The van der Waals surface area contributed by atoms with E-state index < -0.39 is 0 Å². The van der Waals surface area contributed by atoms with E-state index >= 15 is 0 Å². The molecular formula is C24H23N. The lowest BCUT2D eigenvalue weighted by Gasteiger charge is -2.33. The first-order valence-electron chi connectivity index (χ1n) is 8.92. The monoisotopic (exact) mass is 325 g/mol. The van der Waals surface area contributed by atoms with Gasteiger partial charge in [-0.2, -0.15) is 0 Å². The second-order valence-electron chi connectivity index (χ2n) is 6.87. The molecule has 0 aliphatic heterocycles. The van der Waals surface area contributed by atoms with Crippen LogP contribution in [0.2, 0.25) is 0 Å². The van der Waals surface area contributed by atoms with Crippen molar-refractivity contribution in [3.05, 3.63) is 108 Å². The van der Waals surface area contributed by atoms with Crippen molar-refractivity contribution in [1.29, 1.82) is 0 Å². The van der Waals surface area contributed by atoms with Crippen molar-refractivity contribution >= 4 is 11.4 Å². The number of hydrogen-bond donors (Lipinski definition) is 0. The van der Waals surface area contributed by atoms with Gasteiger partial charge in [-0.25, -0.2) is 0 Å². The molecule has 25 heavy (non-hydrogen) atoms. The van der Waals surface area contributed by atoms with Gasteiger partial charge in [-0.15, -0.1) is 0 Å². The van der Waals surface area contributed by atoms with E-state index in [9.17, 15) is 0 Å². The summed E-state index contributed by atoms with van der Waals surface area (Å²) in [5, 5.41) is 0. The first-order chi connectivity index (χ1) is 12.2. The zero-order valence-electron chi connectivity index (χ0n) is 14.8. The Balaban J connectivity index is 1.81. The van der Waals surface area contributed by atoms with Gasteiger partial charge >= 0.3 is 0 Å².